The number of aromatic nitrogens is 3. The summed E-state index contributed by atoms with van der Waals surface area (Å²) in [6, 6.07) is 39.0. The molecule has 6 aromatic rings. The van der Waals surface area contributed by atoms with Crippen molar-refractivity contribution in [2.24, 2.45) is 5.41 Å². The van der Waals surface area contributed by atoms with Gasteiger partial charge in [0.05, 0.1) is 10.9 Å². The first-order valence-corrected chi connectivity index (χ1v) is 16.6. The molecule has 0 bridgehead atoms. The standard InChI is InChI=1S/C40H33F2N5O3/c41-36(42)33-24-27(18-21-43-33)35-32-25-31(46-23-20-39(37(46)48)19-22-45(26-39)38(49)50)16-17-34(32)47(44-35)40(28-10-4-1-5-11-28,29-12-6-2-7-13-29)30-14-8-3-9-15-30/h1-18,21,24-25,36H,19-20,22-23,26H2,(H,49,50). The molecule has 1 spiro atoms. The SMILES string of the molecule is O=C(O)N1CCC2(CCN(c3ccc4c(c3)c(-c3ccnc(C(F)F)c3)nn4C(c3ccccc3)(c3ccccc3)c3ccccc3)C2=O)C1. The number of fused-ring (bicyclic) bond motifs is 1. The topological polar surface area (TPSA) is 91.6 Å². The number of benzene rings is 4. The molecule has 2 saturated heterocycles. The summed E-state index contributed by atoms with van der Waals surface area (Å²) >= 11 is 0. The second-order valence-corrected chi connectivity index (χ2v) is 13.0. The highest BCUT2D eigenvalue weighted by Crippen LogP contribution is 2.46. The number of halogens is 2. The van der Waals surface area contributed by atoms with Gasteiger partial charge in [0.2, 0.25) is 5.91 Å². The Morgan fingerprint density at radius 2 is 1.40 bits per heavy atom. The fraction of sp³-hybridized carbons (Fsp3) is 0.200. The zero-order valence-corrected chi connectivity index (χ0v) is 27.0. The molecule has 0 radical (unpaired) electrons. The highest BCUT2D eigenvalue weighted by atomic mass is 19.3. The monoisotopic (exact) mass is 669 g/mol. The van der Waals surface area contributed by atoms with Gasteiger partial charge in [0, 0.05) is 42.5 Å². The highest BCUT2D eigenvalue weighted by Gasteiger charge is 2.52. The van der Waals surface area contributed by atoms with Crippen LogP contribution < -0.4 is 4.90 Å². The fourth-order valence-electron chi connectivity index (χ4n) is 7.84. The molecule has 1 N–H and O–H groups in total. The second-order valence-electron chi connectivity index (χ2n) is 13.0. The predicted molar refractivity (Wildman–Crippen MR) is 186 cm³/mol. The van der Waals surface area contributed by atoms with Crippen LogP contribution in [0.2, 0.25) is 0 Å². The largest absolute Gasteiger partial charge is 0.465 e. The van der Waals surface area contributed by atoms with Crippen LogP contribution in [0.25, 0.3) is 22.2 Å². The van der Waals surface area contributed by atoms with Crippen molar-refractivity contribution in [2.75, 3.05) is 24.5 Å². The molecule has 0 aliphatic carbocycles. The summed E-state index contributed by atoms with van der Waals surface area (Å²) in [5, 5.41) is 15.6. The number of carbonyl (C=O) groups excluding carboxylic acids is 1. The van der Waals surface area contributed by atoms with Gasteiger partial charge in [0.25, 0.3) is 6.43 Å². The molecule has 2 amide bonds. The van der Waals surface area contributed by atoms with E-state index in [0.29, 0.717) is 48.3 Å². The maximum atomic E-state index is 14.0. The van der Waals surface area contributed by atoms with Gasteiger partial charge in [-0.05, 0) is 59.9 Å². The number of alkyl halides is 2. The maximum absolute atomic E-state index is 14.0. The summed E-state index contributed by atoms with van der Waals surface area (Å²) < 4.78 is 30.0. The van der Waals surface area contributed by atoms with Crippen LogP contribution in [0.3, 0.4) is 0 Å². The lowest BCUT2D eigenvalue weighted by Crippen LogP contribution is -2.38. The van der Waals surface area contributed by atoms with Gasteiger partial charge in [-0.15, -0.1) is 0 Å². The number of nitrogens with zero attached hydrogens (tertiary/aromatic N) is 5. The van der Waals surface area contributed by atoms with E-state index >= 15 is 0 Å². The minimum Gasteiger partial charge on any atom is -0.465 e. The number of rotatable bonds is 7. The molecule has 10 heteroatoms. The lowest BCUT2D eigenvalue weighted by atomic mass is 9.77. The van der Waals surface area contributed by atoms with Crippen molar-refractivity contribution >= 4 is 28.6 Å². The van der Waals surface area contributed by atoms with E-state index < -0.39 is 23.5 Å². The molecule has 2 aliphatic heterocycles. The van der Waals surface area contributed by atoms with Crippen LogP contribution in [0.5, 0.6) is 0 Å². The minimum absolute atomic E-state index is 0.106. The molecule has 2 fully saturated rings. The summed E-state index contributed by atoms with van der Waals surface area (Å²) in [6.45, 7) is 0.929. The predicted octanol–water partition coefficient (Wildman–Crippen LogP) is 7.98. The van der Waals surface area contributed by atoms with Gasteiger partial charge in [-0.2, -0.15) is 5.10 Å². The van der Waals surface area contributed by atoms with E-state index in [0.717, 1.165) is 22.2 Å². The molecular weight excluding hydrogens is 636 g/mol. The zero-order valence-electron chi connectivity index (χ0n) is 27.0. The Bertz CT molecular complexity index is 2110. The van der Waals surface area contributed by atoms with Crippen molar-refractivity contribution < 1.29 is 23.5 Å². The molecule has 4 aromatic carbocycles. The average molecular weight is 670 g/mol. The van der Waals surface area contributed by atoms with Crippen molar-refractivity contribution in [1.82, 2.24) is 19.7 Å². The molecule has 1 unspecified atom stereocenters. The van der Waals surface area contributed by atoms with Gasteiger partial charge in [0.15, 0.2) is 0 Å². The van der Waals surface area contributed by atoms with Crippen molar-refractivity contribution in [3.8, 4) is 11.3 Å². The fourth-order valence-corrected chi connectivity index (χ4v) is 7.84. The Kier molecular flexibility index (Phi) is 7.66. The first-order chi connectivity index (χ1) is 24.3. The van der Waals surface area contributed by atoms with Crippen LogP contribution in [0.15, 0.2) is 128 Å². The molecule has 50 heavy (non-hydrogen) atoms. The third-order valence-electron chi connectivity index (χ3n) is 10.3. The number of hydrogen-bond acceptors (Lipinski definition) is 4. The van der Waals surface area contributed by atoms with Crippen molar-refractivity contribution in [2.45, 2.75) is 24.8 Å². The van der Waals surface area contributed by atoms with Gasteiger partial charge < -0.3 is 14.9 Å². The Morgan fingerprint density at radius 3 is 1.96 bits per heavy atom. The first-order valence-electron chi connectivity index (χ1n) is 16.6. The smallest absolute Gasteiger partial charge is 0.407 e. The van der Waals surface area contributed by atoms with Crippen LogP contribution in [0.4, 0.5) is 19.3 Å². The molecule has 1 atom stereocenters. The van der Waals surface area contributed by atoms with Crippen LogP contribution in [0, 0.1) is 5.41 Å². The van der Waals surface area contributed by atoms with E-state index in [1.54, 1.807) is 11.0 Å². The number of anilines is 1. The summed E-state index contributed by atoms with van der Waals surface area (Å²) in [7, 11) is 0. The van der Waals surface area contributed by atoms with E-state index in [1.165, 1.54) is 17.2 Å². The van der Waals surface area contributed by atoms with Gasteiger partial charge in [0.1, 0.15) is 16.9 Å². The average Bonchev–Trinajstić information content (AvgIpc) is 3.86. The van der Waals surface area contributed by atoms with Crippen molar-refractivity contribution in [3.63, 3.8) is 0 Å². The second kappa shape index (κ2) is 12.2. The van der Waals surface area contributed by atoms with Crippen molar-refractivity contribution in [1.29, 1.82) is 0 Å². The summed E-state index contributed by atoms with van der Waals surface area (Å²) in [5.41, 5.74) is 3.04. The molecular formula is C40H33F2N5O3. The van der Waals surface area contributed by atoms with Crippen LogP contribution >= 0.6 is 0 Å². The quantitative estimate of drug-likeness (QED) is 0.174. The normalized spacial score (nSPS) is 17.8. The maximum Gasteiger partial charge on any atom is 0.407 e. The van der Waals surface area contributed by atoms with E-state index in [1.807, 2.05) is 77.5 Å². The molecule has 8 nitrogen and oxygen atoms in total. The number of likely N-dealkylation sites (tertiary alicyclic amines) is 1. The van der Waals surface area contributed by atoms with Crippen LogP contribution in [-0.4, -0.2) is 56.4 Å². The number of amides is 2. The molecule has 2 aliphatic rings. The van der Waals surface area contributed by atoms with E-state index in [2.05, 4.69) is 41.4 Å². The molecule has 2 aromatic heterocycles. The lowest BCUT2D eigenvalue weighted by Gasteiger charge is -2.37. The molecule has 250 valence electrons. The zero-order chi connectivity index (χ0) is 34.5. The first kappa shape index (κ1) is 31.4. The third kappa shape index (κ3) is 4.93. The number of carboxylic acid groups (broad SMARTS) is 1. The van der Waals surface area contributed by atoms with Gasteiger partial charge in [-0.3, -0.25) is 9.78 Å². The minimum atomic E-state index is -2.77. The van der Waals surface area contributed by atoms with Gasteiger partial charge in [-0.25, -0.2) is 18.3 Å². The molecule has 8 rings (SSSR count). The third-order valence-corrected chi connectivity index (χ3v) is 10.3. The van der Waals surface area contributed by atoms with Crippen LogP contribution in [0.1, 0.15) is 41.7 Å². The lowest BCUT2D eigenvalue weighted by molar-refractivity contribution is -0.124. The Hall–Kier alpha value is -5.90. The summed E-state index contributed by atoms with van der Waals surface area (Å²) in [4.78, 5) is 32.7. The summed E-state index contributed by atoms with van der Waals surface area (Å²) in [6.07, 6.45) is -1.41. The van der Waals surface area contributed by atoms with Gasteiger partial charge in [-0.1, -0.05) is 91.0 Å². The van der Waals surface area contributed by atoms with Gasteiger partial charge >= 0.3 is 6.09 Å². The Morgan fingerprint density at radius 1 is 0.800 bits per heavy atom. The Balaban J connectivity index is 1.39. The number of pyridine rings is 1. The van der Waals surface area contributed by atoms with Crippen LogP contribution in [-0.2, 0) is 10.3 Å². The van der Waals surface area contributed by atoms with E-state index in [9.17, 15) is 23.5 Å². The molecule has 0 saturated carbocycles. The summed E-state index contributed by atoms with van der Waals surface area (Å²) in [5.74, 6) is -0.106. The Labute approximate surface area is 287 Å². The number of carbonyl (C=O) groups is 2. The van der Waals surface area contributed by atoms with E-state index in [4.69, 9.17) is 5.10 Å². The van der Waals surface area contributed by atoms with Crippen molar-refractivity contribution in [3.05, 3.63) is 150 Å². The number of hydrogen-bond donors (Lipinski definition) is 1. The highest BCUT2D eigenvalue weighted by molar-refractivity contribution is 6.04. The molecule has 4 heterocycles. The van der Waals surface area contributed by atoms with E-state index in [-0.39, 0.29) is 18.1 Å².